The van der Waals surface area contributed by atoms with Crippen LogP contribution in [0.25, 0.3) is 0 Å². The summed E-state index contributed by atoms with van der Waals surface area (Å²) in [7, 11) is -4.96. The molecule has 0 amide bonds. The highest BCUT2D eigenvalue weighted by molar-refractivity contribution is 8.06. The molecule has 0 spiro atoms. The first-order valence-electron chi connectivity index (χ1n) is 6.40. The van der Waals surface area contributed by atoms with Crippen LogP contribution in [0.3, 0.4) is 0 Å². The number of allylic oxidation sites excluding steroid dienone is 1. The van der Waals surface area contributed by atoms with Gasteiger partial charge in [-0.1, -0.05) is 11.1 Å². The number of hydrogen-bond donors (Lipinski definition) is 0. The maximum Gasteiger partial charge on any atom is 0.232 e. The molecule has 1 saturated heterocycles. The highest BCUT2D eigenvalue weighted by Crippen LogP contribution is 2.37. The fourth-order valence-corrected chi connectivity index (χ4v) is 6.78. The summed E-state index contributed by atoms with van der Waals surface area (Å²) >= 11 is 0. The first-order chi connectivity index (χ1) is 8.79. The van der Waals surface area contributed by atoms with Crippen LogP contribution in [0.1, 0.15) is 27.2 Å². The number of ether oxygens (including phenoxy) is 1. The summed E-state index contributed by atoms with van der Waals surface area (Å²) in [5.74, 6) is 0.353. The Morgan fingerprint density at radius 2 is 1.79 bits per heavy atom. The van der Waals surface area contributed by atoms with Crippen LogP contribution < -0.4 is 0 Å². The van der Waals surface area contributed by atoms with E-state index in [9.17, 15) is 12.6 Å². The molecule has 0 N–H and O–H groups in total. The van der Waals surface area contributed by atoms with Gasteiger partial charge in [0.25, 0.3) is 0 Å². The maximum atomic E-state index is 12.8. The minimum absolute atomic E-state index is 0.352. The second-order valence-electron chi connectivity index (χ2n) is 5.38. The van der Waals surface area contributed by atoms with E-state index in [1.165, 1.54) is 4.31 Å². The number of rotatable bonds is 2. The zero-order valence-electron chi connectivity index (χ0n) is 11.6. The first kappa shape index (κ1) is 15.2. The lowest BCUT2D eigenvalue weighted by molar-refractivity contribution is 0.0724. The van der Waals surface area contributed by atoms with Crippen LogP contribution in [-0.4, -0.2) is 53.1 Å². The van der Waals surface area contributed by atoms with Gasteiger partial charge >= 0.3 is 0 Å². The fraction of sp³-hybridized carbons (Fsp3) is 0.833. The van der Waals surface area contributed by atoms with Crippen molar-refractivity contribution in [3.8, 4) is 0 Å². The maximum absolute atomic E-state index is 12.8. The standard InChI is InChI=1S/C12H21NO4S2/c1-10-8-12(3,18(14)9-11(10)2)19(15,16)13-4-6-17-7-5-13/h4-9H2,1-3H3. The van der Waals surface area contributed by atoms with E-state index in [1.54, 1.807) is 6.92 Å². The van der Waals surface area contributed by atoms with Crippen molar-refractivity contribution >= 4 is 20.8 Å². The molecule has 2 atom stereocenters. The molecule has 19 heavy (non-hydrogen) atoms. The van der Waals surface area contributed by atoms with Gasteiger partial charge in [-0.15, -0.1) is 0 Å². The molecule has 5 nitrogen and oxygen atoms in total. The Kier molecular flexibility index (Phi) is 4.21. The summed E-state index contributed by atoms with van der Waals surface area (Å²) in [4.78, 5) is 0. The molecule has 0 aromatic rings. The molecular weight excluding hydrogens is 286 g/mol. The van der Waals surface area contributed by atoms with Crippen molar-refractivity contribution in [2.45, 2.75) is 31.3 Å². The van der Waals surface area contributed by atoms with Crippen LogP contribution >= 0.6 is 0 Å². The summed E-state index contributed by atoms with van der Waals surface area (Å²) in [6.45, 7) is 7.01. The van der Waals surface area contributed by atoms with Gasteiger partial charge in [-0.05, 0) is 20.8 Å². The molecule has 0 saturated carbocycles. The van der Waals surface area contributed by atoms with Crippen LogP contribution in [0.2, 0.25) is 0 Å². The minimum atomic E-state index is -3.57. The zero-order chi connectivity index (χ0) is 14.3. The SMILES string of the molecule is CC1=C(C)CC(C)(S(=O)(=O)N2CCOCC2)S(=O)C1. The summed E-state index contributed by atoms with van der Waals surface area (Å²) in [6, 6.07) is 0. The van der Waals surface area contributed by atoms with E-state index in [4.69, 9.17) is 4.74 Å². The summed E-state index contributed by atoms with van der Waals surface area (Å²) < 4.78 is 43.4. The van der Waals surface area contributed by atoms with E-state index in [2.05, 4.69) is 0 Å². The van der Waals surface area contributed by atoms with Crippen LogP contribution in [-0.2, 0) is 25.6 Å². The van der Waals surface area contributed by atoms with Gasteiger partial charge in [-0.25, -0.2) is 8.42 Å². The van der Waals surface area contributed by atoms with Gasteiger partial charge in [0.1, 0.15) is 0 Å². The molecule has 7 heteroatoms. The third-order valence-electron chi connectivity index (χ3n) is 4.00. The lowest BCUT2D eigenvalue weighted by atomic mass is 10.1. The van der Waals surface area contributed by atoms with Crippen molar-refractivity contribution in [2.75, 3.05) is 32.1 Å². The molecule has 0 radical (unpaired) electrons. The molecule has 0 aromatic carbocycles. The molecule has 2 aliphatic heterocycles. The third-order valence-corrected chi connectivity index (χ3v) is 9.27. The number of hydrogen-bond acceptors (Lipinski definition) is 4. The molecular formula is C12H21NO4S2. The van der Waals surface area contributed by atoms with Crippen molar-refractivity contribution in [1.82, 2.24) is 4.31 Å². The van der Waals surface area contributed by atoms with Crippen molar-refractivity contribution < 1.29 is 17.4 Å². The summed E-state index contributed by atoms with van der Waals surface area (Å²) in [6.07, 6.45) is 0.352. The van der Waals surface area contributed by atoms with Crippen LogP contribution in [0.15, 0.2) is 11.1 Å². The van der Waals surface area contributed by atoms with E-state index in [0.717, 1.165) is 11.1 Å². The van der Waals surface area contributed by atoms with Crippen LogP contribution in [0.4, 0.5) is 0 Å². The first-order valence-corrected chi connectivity index (χ1v) is 9.16. The Morgan fingerprint density at radius 1 is 1.21 bits per heavy atom. The van der Waals surface area contributed by atoms with Gasteiger partial charge in [-0.3, -0.25) is 4.21 Å². The molecule has 0 aromatic heterocycles. The summed E-state index contributed by atoms with van der Waals surface area (Å²) in [5.41, 5.74) is 2.09. The van der Waals surface area contributed by atoms with E-state index in [0.29, 0.717) is 38.5 Å². The third kappa shape index (κ3) is 2.53. The monoisotopic (exact) mass is 307 g/mol. The molecule has 0 aliphatic carbocycles. The number of sulfonamides is 1. The zero-order valence-corrected chi connectivity index (χ0v) is 13.3. The summed E-state index contributed by atoms with van der Waals surface area (Å²) in [5, 5.41) is 0. The van der Waals surface area contributed by atoms with Gasteiger partial charge in [0.15, 0.2) is 4.08 Å². The van der Waals surface area contributed by atoms with Crippen molar-refractivity contribution in [2.24, 2.45) is 0 Å². The normalized spacial score (nSPS) is 34.6. The predicted molar refractivity (Wildman–Crippen MR) is 75.7 cm³/mol. The highest BCUT2D eigenvalue weighted by Gasteiger charge is 2.50. The topological polar surface area (TPSA) is 63.7 Å². The molecule has 2 aliphatic rings. The number of nitrogens with zero attached hydrogens (tertiary/aromatic N) is 1. The molecule has 2 rings (SSSR count). The molecule has 0 bridgehead atoms. The van der Waals surface area contributed by atoms with E-state index in [1.807, 2.05) is 13.8 Å². The lowest BCUT2D eigenvalue weighted by Gasteiger charge is -2.38. The van der Waals surface area contributed by atoms with E-state index in [-0.39, 0.29) is 0 Å². The molecule has 2 unspecified atom stereocenters. The highest BCUT2D eigenvalue weighted by atomic mass is 32.3. The lowest BCUT2D eigenvalue weighted by Crippen LogP contribution is -2.54. The van der Waals surface area contributed by atoms with Crippen molar-refractivity contribution in [3.05, 3.63) is 11.1 Å². The van der Waals surface area contributed by atoms with Crippen LogP contribution in [0.5, 0.6) is 0 Å². The van der Waals surface area contributed by atoms with Gasteiger partial charge in [0, 0.05) is 36.1 Å². The Balaban J connectivity index is 2.35. The quantitative estimate of drug-likeness (QED) is 0.710. The fourth-order valence-electron chi connectivity index (χ4n) is 2.45. The second-order valence-corrected chi connectivity index (χ2v) is 9.88. The van der Waals surface area contributed by atoms with Gasteiger partial charge in [0.2, 0.25) is 10.0 Å². The average Bonchev–Trinajstić information content (AvgIpc) is 2.37. The molecule has 2 heterocycles. The number of morpholine rings is 1. The minimum Gasteiger partial charge on any atom is -0.379 e. The Morgan fingerprint density at radius 3 is 2.37 bits per heavy atom. The Bertz CT molecular complexity index is 520. The van der Waals surface area contributed by atoms with Crippen molar-refractivity contribution in [3.63, 3.8) is 0 Å². The average molecular weight is 307 g/mol. The van der Waals surface area contributed by atoms with E-state index < -0.39 is 24.9 Å². The Labute approximate surface area is 117 Å². The van der Waals surface area contributed by atoms with Gasteiger partial charge in [-0.2, -0.15) is 4.31 Å². The molecule has 110 valence electrons. The Hall–Kier alpha value is -0.240. The van der Waals surface area contributed by atoms with Gasteiger partial charge in [0.05, 0.1) is 13.2 Å². The van der Waals surface area contributed by atoms with Gasteiger partial charge < -0.3 is 4.74 Å². The predicted octanol–water partition coefficient (Wildman–Crippen LogP) is 0.853. The largest absolute Gasteiger partial charge is 0.379 e. The van der Waals surface area contributed by atoms with Crippen LogP contribution in [0, 0.1) is 0 Å². The van der Waals surface area contributed by atoms with E-state index >= 15 is 0 Å². The smallest absolute Gasteiger partial charge is 0.232 e. The second kappa shape index (κ2) is 5.27. The molecule has 1 fully saturated rings. The van der Waals surface area contributed by atoms with Crippen molar-refractivity contribution in [1.29, 1.82) is 0 Å².